The first-order chi connectivity index (χ1) is 6.79. The molecule has 0 aliphatic carbocycles. The minimum atomic E-state index is -1.73. The SMILES string of the molecule is C[Si](C)(C)OCc1cc(F)c(F)c(F)c1. The maximum Gasteiger partial charge on any atom is 0.194 e. The van der Waals surface area contributed by atoms with Crippen LogP contribution in [-0.4, -0.2) is 8.32 Å². The summed E-state index contributed by atoms with van der Waals surface area (Å²) >= 11 is 0. The van der Waals surface area contributed by atoms with E-state index >= 15 is 0 Å². The molecule has 1 rings (SSSR count). The van der Waals surface area contributed by atoms with Gasteiger partial charge in [-0.2, -0.15) is 0 Å². The Morgan fingerprint density at radius 3 is 1.93 bits per heavy atom. The first-order valence-electron chi connectivity index (χ1n) is 4.57. The third-order valence-corrected chi connectivity index (χ3v) is 2.73. The van der Waals surface area contributed by atoms with Crippen molar-refractivity contribution in [1.82, 2.24) is 0 Å². The summed E-state index contributed by atoms with van der Waals surface area (Å²) in [6, 6.07) is 1.91. The number of benzene rings is 1. The Bertz CT molecular complexity index is 337. The molecule has 1 nitrogen and oxygen atoms in total. The number of rotatable bonds is 3. The molecule has 1 aromatic carbocycles. The Balaban J connectivity index is 2.80. The van der Waals surface area contributed by atoms with Crippen LogP contribution in [0.4, 0.5) is 13.2 Å². The largest absolute Gasteiger partial charge is 0.413 e. The first-order valence-corrected chi connectivity index (χ1v) is 7.98. The van der Waals surface area contributed by atoms with Crippen LogP contribution in [0.3, 0.4) is 0 Å². The van der Waals surface area contributed by atoms with Crippen LogP contribution in [0.25, 0.3) is 0 Å². The fourth-order valence-electron chi connectivity index (χ4n) is 0.991. The Morgan fingerprint density at radius 1 is 1.07 bits per heavy atom. The number of hydrogen-bond donors (Lipinski definition) is 0. The molecule has 0 unspecified atom stereocenters. The second kappa shape index (κ2) is 4.36. The highest BCUT2D eigenvalue weighted by Gasteiger charge is 2.16. The van der Waals surface area contributed by atoms with Crippen LogP contribution in [0.1, 0.15) is 5.56 Å². The van der Waals surface area contributed by atoms with E-state index in [1.54, 1.807) is 0 Å². The van der Waals surface area contributed by atoms with Gasteiger partial charge in [0.2, 0.25) is 0 Å². The van der Waals surface area contributed by atoms with Gasteiger partial charge in [0.05, 0.1) is 6.61 Å². The lowest BCUT2D eigenvalue weighted by molar-refractivity contribution is 0.297. The van der Waals surface area contributed by atoms with Crippen molar-refractivity contribution in [1.29, 1.82) is 0 Å². The first kappa shape index (κ1) is 12.3. The highest BCUT2D eigenvalue weighted by atomic mass is 28.4. The molecule has 0 amide bonds. The molecule has 0 fully saturated rings. The lowest BCUT2D eigenvalue weighted by Crippen LogP contribution is -2.24. The standard InChI is InChI=1S/C10H13F3OSi/c1-15(2,3)14-6-7-4-8(11)10(13)9(12)5-7/h4-5H,6H2,1-3H3. The molecule has 0 N–H and O–H groups in total. The second-order valence-corrected chi connectivity index (χ2v) is 8.79. The molecule has 0 saturated heterocycles. The van der Waals surface area contributed by atoms with Crippen molar-refractivity contribution in [2.24, 2.45) is 0 Å². The van der Waals surface area contributed by atoms with E-state index in [9.17, 15) is 13.2 Å². The third kappa shape index (κ3) is 3.68. The summed E-state index contributed by atoms with van der Waals surface area (Å²) in [5, 5.41) is 0. The summed E-state index contributed by atoms with van der Waals surface area (Å²) in [5.41, 5.74) is 0.314. The molecular weight excluding hydrogens is 221 g/mol. The molecule has 0 aliphatic heterocycles. The van der Waals surface area contributed by atoms with Crippen LogP contribution in [0.2, 0.25) is 19.6 Å². The normalized spacial score (nSPS) is 11.9. The average molecular weight is 234 g/mol. The van der Waals surface area contributed by atoms with Gasteiger partial charge in [-0.15, -0.1) is 0 Å². The van der Waals surface area contributed by atoms with Gasteiger partial charge in [0.25, 0.3) is 0 Å². The number of hydrogen-bond acceptors (Lipinski definition) is 1. The molecule has 0 radical (unpaired) electrons. The topological polar surface area (TPSA) is 9.23 Å². The predicted molar refractivity (Wildman–Crippen MR) is 54.5 cm³/mol. The van der Waals surface area contributed by atoms with Crippen LogP contribution in [0.5, 0.6) is 0 Å². The van der Waals surface area contributed by atoms with Gasteiger partial charge in [-0.25, -0.2) is 13.2 Å². The van der Waals surface area contributed by atoms with E-state index in [2.05, 4.69) is 0 Å². The Kier molecular flexibility index (Phi) is 3.57. The van der Waals surface area contributed by atoms with E-state index in [0.29, 0.717) is 5.56 Å². The number of halogens is 3. The molecule has 0 spiro atoms. The van der Waals surface area contributed by atoms with E-state index in [1.807, 2.05) is 19.6 Å². The highest BCUT2D eigenvalue weighted by Crippen LogP contribution is 2.15. The summed E-state index contributed by atoms with van der Waals surface area (Å²) < 4.78 is 43.7. The molecule has 15 heavy (non-hydrogen) atoms. The minimum Gasteiger partial charge on any atom is -0.413 e. The van der Waals surface area contributed by atoms with Crippen molar-refractivity contribution >= 4 is 8.32 Å². The molecule has 0 aliphatic rings. The van der Waals surface area contributed by atoms with Gasteiger partial charge < -0.3 is 4.43 Å². The van der Waals surface area contributed by atoms with Gasteiger partial charge >= 0.3 is 0 Å². The van der Waals surface area contributed by atoms with Crippen LogP contribution in [0, 0.1) is 17.5 Å². The lowest BCUT2D eigenvalue weighted by Gasteiger charge is -2.17. The molecule has 0 aromatic heterocycles. The van der Waals surface area contributed by atoms with E-state index in [-0.39, 0.29) is 6.61 Å². The van der Waals surface area contributed by atoms with E-state index in [1.165, 1.54) is 0 Å². The molecule has 1 aromatic rings. The lowest BCUT2D eigenvalue weighted by atomic mass is 10.2. The Labute approximate surface area is 88.0 Å². The van der Waals surface area contributed by atoms with E-state index in [4.69, 9.17) is 4.43 Å². The Morgan fingerprint density at radius 2 is 1.53 bits per heavy atom. The zero-order valence-corrected chi connectivity index (χ0v) is 9.90. The molecule has 5 heteroatoms. The molecule has 84 valence electrons. The molecule has 0 heterocycles. The summed E-state index contributed by atoms with van der Waals surface area (Å²) in [6.07, 6.45) is 0. The molecule has 0 saturated carbocycles. The van der Waals surface area contributed by atoms with Gasteiger partial charge in [0.15, 0.2) is 25.8 Å². The van der Waals surface area contributed by atoms with Crippen LogP contribution >= 0.6 is 0 Å². The monoisotopic (exact) mass is 234 g/mol. The summed E-state index contributed by atoms with van der Waals surface area (Å²) in [7, 11) is -1.73. The van der Waals surface area contributed by atoms with Crippen molar-refractivity contribution in [2.75, 3.05) is 0 Å². The summed E-state index contributed by atoms with van der Waals surface area (Å²) in [5.74, 6) is -3.79. The van der Waals surface area contributed by atoms with Gasteiger partial charge in [-0.1, -0.05) is 0 Å². The zero-order chi connectivity index (χ0) is 11.6. The van der Waals surface area contributed by atoms with Crippen molar-refractivity contribution in [2.45, 2.75) is 26.2 Å². The van der Waals surface area contributed by atoms with E-state index < -0.39 is 25.8 Å². The fraction of sp³-hybridized carbons (Fsp3) is 0.400. The summed E-state index contributed by atoms with van der Waals surface area (Å²) in [4.78, 5) is 0. The van der Waals surface area contributed by atoms with E-state index in [0.717, 1.165) is 12.1 Å². The molecular formula is C10H13F3OSi. The maximum absolute atomic E-state index is 12.8. The van der Waals surface area contributed by atoms with Crippen molar-refractivity contribution in [3.05, 3.63) is 35.1 Å². The van der Waals surface area contributed by atoms with Crippen LogP contribution < -0.4 is 0 Å². The minimum absolute atomic E-state index is 0.115. The van der Waals surface area contributed by atoms with Crippen molar-refractivity contribution in [3.8, 4) is 0 Å². The highest BCUT2D eigenvalue weighted by molar-refractivity contribution is 6.69. The smallest absolute Gasteiger partial charge is 0.194 e. The molecule has 0 atom stereocenters. The average Bonchev–Trinajstić information content (AvgIpc) is 2.09. The summed E-state index contributed by atoms with van der Waals surface area (Å²) in [6.45, 7) is 6.00. The van der Waals surface area contributed by atoms with Gasteiger partial charge in [0, 0.05) is 0 Å². The van der Waals surface area contributed by atoms with Crippen molar-refractivity contribution in [3.63, 3.8) is 0 Å². The van der Waals surface area contributed by atoms with Crippen molar-refractivity contribution < 1.29 is 17.6 Å². The second-order valence-electron chi connectivity index (χ2n) is 4.27. The van der Waals surface area contributed by atoms with Gasteiger partial charge in [0.1, 0.15) is 0 Å². The van der Waals surface area contributed by atoms with Gasteiger partial charge in [-0.05, 0) is 37.3 Å². The van der Waals surface area contributed by atoms with Crippen LogP contribution in [0.15, 0.2) is 12.1 Å². The Hall–Kier alpha value is -0.813. The van der Waals surface area contributed by atoms with Gasteiger partial charge in [-0.3, -0.25) is 0 Å². The quantitative estimate of drug-likeness (QED) is 0.575. The molecule has 0 bridgehead atoms. The fourth-order valence-corrected chi connectivity index (χ4v) is 1.59. The zero-order valence-electron chi connectivity index (χ0n) is 8.90. The van der Waals surface area contributed by atoms with Crippen LogP contribution in [-0.2, 0) is 11.0 Å². The third-order valence-electron chi connectivity index (χ3n) is 1.72. The predicted octanol–water partition coefficient (Wildman–Crippen LogP) is 3.46. The maximum atomic E-state index is 12.8.